The highest BCUT2D eigenvalue weighted by Gasteiger charge is 2.39. The van der Waals surface area contributed by atoms with Crippen LogP contribution in [0.2, 0.25) is 0 Å². The SMILES string of the molecule is COCn1nc(N2C(=O)c3ccccc3C2=O)c2cc(S(=O)(=O)C(C)C)cc(OCCc3ccccn3)c21. The van der Waals surface area contributed by atoms with Crippen LogP contribution in [0.5, 0.6) is 5.75 Å². The smallest absolute Gasteiger partial charge is 0.267 e. The summed E-state index contributed by atoms with van der Waals surface area (Å²) in [4.78, 5) is 31.9. The second-order valence-corrected chi connectivity index (χ2v) is 11.6. The van der Waals surface area contributed by atoms with E-state index in [4.69, 9.17) is 9.47 Å². The van der Waals surface area contributed by atoms with Crippen LogP contribution >= 0.6 is 0 Å². The van der Waals surface area contributed by atoms with E-state index in [-0.39, 0.29) is 46.3 Å². The normalized spacial score (nSPS) is 13.5. The zero-order valence-electron chi connectivity index (χ0n) is 21.1. The molecule has 0 aliphatic carbocycles. The Kier molecular flexibility index (Phi) is 6.72. The predicted octanol–water partition coefficient (Wildman–Crippen LogP) is 3.64. The molecule has 2 amide bonds. The number of carbonyl (C=O) groups is 2. The van der Waals surface area contributed by atoms with Crippen molar-refractivity contribution in [1.82, 2.24) is 14.8 Å². The Hall–Kier alpha value is -4.09. The fourth-order valence-corrected chi connectivity index (χ4v) is 5.46. The van der Waals surface area contributed by atoms with Crippen LogP contribution in [0, 0.1) is 0 Å². The lowest BCUT2D eigenvalue weighted by Gasteiger charge is -2.14. The van der Waals surface area contributed by atoms with Gasteiger partial charge in [0.1, 0.15) is 18.0 Å². The predicted molar refractivity (Wildman–Crippen MR) is 140 cm³/mol. The van der Waals surface area contributed by atoms with Crippen molar-refractivity contribution in [3.05, 3.63) is 77.6 Å². The van der Waals surface area contributed by atoms with Crippen LogP contribution < -0.4 is 9.64 Å². The van der Waals surface area contributed by atoms with Crippen LogP contribution in [-0.4, -0.2) is 54.0 Å². The van der Waals surface area contributed by atoms with E-state index in [9.17, 15) is 18.0 Å². The Balaban J connectivity index is 1.67. The van der Waals surface area contributed by atoms with E-state index in [1.54, 1.807) is 44.3 Å². The molecule has 196 valence electrons. The van der Waals surface area contributed by atoms with Crippen LogP contribution in [-0.2, 0) is 27.7 Å². The molecule has 0 spiro atoms. The van der Waals surface area contributed by atoms with E-state index in [2.05, 4.69) is 10.1 Å². The molecular formula is C27H26N4O6S. The fraction of sp³-hybridized carbons (Fsp3) is 0.259. The van der Waals surface area contributed by atoms with Crippen LogP contribution in [0.15, 0.2) is 65.7 Å². The van der Waals surface area contributed by atoms with Gasteiger partial charge < -0.3 is 9.47 Å². The summed E-state index contributed by atoms with van der Waals surface area (Å²) < 4.78 is 39.3. The first-order valence-electron chi connectivity index (χ1n) is 12.0. The lowest BCUT2D eigenvalue weighted by atomic mass is 10.1. The largest absolute Gasteiger partial charge is 0.491 e. The summed E-state index contributed by atoms with van der Waals surface area (Å²) in [6.45, 7) is 3.35. The molecule has 1 aliphatic heterocycles. The van der Waals surface area contributed by atoms with E-state index in [0.717, 1.165) is 10.6 Å². The summed E-state index contributed by atoms with van der Waals surface area (Å²) in [5.41, 5.74) is 1.73. The Morgan fingerprint density at radius 1 is 0.974 bits per heavy atom. The summed E-state index contributed by atoms with van der Waals surface area (Å²) in [5, 5.41) is 4.10. The third-order valence-electron chi connectivity index (χ3n) is 6.31. The molecule has 0 atom stereocenters. The minimum Gasteiger partial charge on any atom is -0.491 e. The van der Waals surface area contributed by atoms with Gasteiger partial charge in [-0.3, -0.25) is 14.6 Å². The molecule has 11 heteroatoms. The second kappa shape index (κ2) is 9.99. The topological polar surface area (TPSA) is 121 Å². The highest BCUT2D eigenvalue weighted by atomic mass is 32.2. The minimum absolute atomic E-state index is 0.00246. The lowest BCUT2D eigenvalue weighted by molar-refractivity contribution is 0.0923. The molecule has 2 aromatic carbocycles. The summed E-state index contributed by atoms with van der Waals surface area (Å²) in [5.74, 6) is -0.822. The van der Waals surface area contributed by atoms with Gasteiger partial charge >= 0.3 is 0 Å². The van der Waals surface area contributed by atoms with Crippen molar-refractivity contribution in [1.29, 1.82) is 0 Å². The second-order valence-electron chi connectivity index (χ2n) is 9.06. The van der Waals surface area contributed by atoms with Crippen molar-refractivity contribution in [2.45, 2.75) is 37.1 Å². The molecule has 0 N–H and O–H groups in total. The molecule has 38 heavy (non-hydrogen) atoms. The molecule has 10 nitrogen and oxygen atoms in total. The average Bonchev–Trinajstić information content (AvgIpc) is 3.39. The van der Waals surface area contributed by atoms with Gasteiger partial charge in [-0.05, 0) is 44.2 Å². The number of ether oxygens (including phenoxy) is 2. The van der Waals surface area contributed by atoms with Gasteiger partial charge in [0.15, 0.2) is 15.7 Å². The molecule has 3 heterocycles. The molecule has 0 saturated carbocycles. The van der Waals surface area contributed by atoms with Gasteiger partial charge in [-0.1, -0.05) is 18.2 Å². The molecule has 4 aromatic rings. The standard InChI is InChI=1S/C27H26N4O6S/c1-17(2)38(34,35)19-14-22-24(23(15-19)37-13-11-18-8-6-7-12-28-18)30(16-36-3)29-25(22)31-26(32)20-9-4-5-10-21(20)27(31)33/h4-10,12,14-15,17H,11,13,16H2,1-3H3. The van der Waals surface area contributed by atoms with Crippen molar-refractivity contribution in [2.24, 2.45) is 0 Å². The number of pyridine rings is 1. The Bertz CT molecular complexity index is 1610. The highest BCUT2D eigenvalue weighted by molar-refractivity contribution is 7.92. The third-order valence-corrected chi connectivity index (χ3v) is 8.45. The molecule has 2 aromatic heterocycles. The first-order chi connectivity index (χ1) is 18.2. The molecule has 5 rings (SSSR count). The highest BCUT2D eigenvalue weighted by Crippen LogP contribution is 2.39. The summed E-state index contributed by atoms with van der Waals surface area (Å²) in [6.07, 6.45) is 2.17. The van der Waals surface area contributed by atoms with E-state index >= 15 is 0 Å². The van der Waals surface area contributed by atoms with Crippen LogP contribution in [0.3, 0.4) is 0 Å². The first kappa shape index (κ1) is 25.6. The zero-order valence-corrected chi connectivity index (χ0v) is 21.9. The molecule has 0 bridgehead atoms. The first-order valence-corrected chi connectivity index (χ1v) is 13.6. The van der Waals surface area contributed by atoms with Gasteiger partial charge in [0.25, 0.3) is 11.8 Å². The number of nitrogens with zero attached hydrogens (tertiary/aromatic N) is 4. The number of anilines is 1. The summed E-state index contributed by atoms with van der Waals surface area (Å²) in [7, 11) is -2.26. The van der Waals surface area contributed by atoms with E-state index < -0.39 is 26.9 Å². The number of hydrogen-bond acceptors (Lipinski definition) is 8. The molecular weight excluding hydrogens is 508 g/mol. The van der Waals surface area contributed by atoms with Gasteiger partial charge in [-0.15, -0.1) is 0 Å². The maximum absolute atomic E-state index is 13.3. The molecule has 0 radical (unpaired) electrons. The van der Waals surface area contributed by atoms with Crippen molar-refractivity contribution in [3.8, 4) is 5.75 Å². The number of methoxy groups -OCH3 is 1. The Morgan fingerprint density at radius 2 is 1.66 bits per heavy atom. The Labute approximate surface area is 219 Å². The zero-order chi connectivity index (χ0) is 27.0. The van der Waals surface area contributed by atoms with Crippen LogP contribution in [0.1, 0.15) is 40.3 Å². The number of amides is 2. The Morgan fingerprint density at radius 3 is 2.26 bits per heavy atom. The molecule has 0 saturated heterocycles. The number of benzene rings is 2. The van der Waals surface area contributed by atoms with Crippen LogP contribution in [0.25, 0.3) is 10.9 Å². The molecule has 1 aliphatic rings. The van der Waals surface area contributed by atoms with Gasteiger partial charge in [-0.25, -0.2) is 18.0 Å². The van der Waals surface area contributed by atoms with Crippen molar-refractivity contribution < 1.29 is 27.5 Å². The van der Waals surface area contributed by atoms with E-state index in [1.807, 2.05) is 18.2 Å². The van der Waals surface area contributed by atoms with Crippen molar-refractivity contribution >= 4 is 38.4 Å². The maximum atomic E-state index is 13.3. The van der Waals surface area contributed by atoms with Gasteiger partial charge in [0.2, 0.25) is 0 Å². The number of imide groups is 1. The number of aromatic nitrogens is 3. The number of fused-ring (bicyclic) bond motifs is 2. The third kappa shape index (κ3) is 4.33. The van der Waals surface area contributed by atoms with Gasteiger partial charge in [-0.2, -0.15) is 5.10 Å². The van der Waals surface area contributed by atoms with E-state index in [1.165, 1.54) is 23.9 Å². The number of sulfone groups is 1. The number of carbonyl (C=O) groups excluding carboxylic acids is 2. The quantitative estimate of drug-likeness (QED) is 0.299. The van der Waals surface area contributed by atoms with Gasteiger partial charge in [0, 0.05) is 31.5 Å². The lowest BCUT2D eigenvalue weighted by Crippen LogP contribution is -2.30. The number of rotatable bonds is 9. The summed E-state index contributed by atoms with van der Waals surface area (Å²) >= 11 is 0. The average molecular weight is 535 g/mol. The van der Waals surface area contributed by atoms with Crippen molar-refractivity contribution in [2.75, 3.05) is 18.6 Å². The van der Waals surface area contributed by atoms with Crippen LogP contribution in [0.4, 0.5) is 5.82 Å². The molecule has 0 fully saturated rings. The molecule has 0 unspecified atom stereocenters. The minimum atomic E-state index is -3.74. The van der Waals surface area contributed by atoms with E-state index in [0.29, 0.717) is 11.9 Å². The van der Waals surface area contributed by atoms with Crippen molar-refractivity contribution in [3.63, 3.8) is 0 Å². The fourth-order valence-electron chi connectivity index (χ4n) is 4.36. The maximum Gasteiger partial charge on any atom is 0.267 e. The summed E-state index contributed by atoms with van der Waals surface area (Å²) in [6, 6.07) is 15.0. The monoisotopic (exact) mass is 534 g/mol. The number of hydrogen-bond donors (Lipinski definition) is 0. The van der Waals surface area contributed by atoms with Gasteiger partial charge in [0.05, 0.1) is 33.3 Å².